The van der Waals surface area contributed by atoms with Crippen LogP contribution in [0.4, 0.5) is 5.69 Å². The number of nitrogens with zero attached hydrogens (tertiary/aromatic N) is 3. The highest BCUT2D eigenvalue weighted by Gasteiger charge is 2.36. The largest absolute Gasteiger partial charge is 0.494 e. The van der Waals surface area contributed by atoms with Crippen LogP contribution in [0.2, 0.25) is 0 Å². The summed E-state index contributed by atoms with van der Waals surface area (Å²) in [6.07, 6.45) is 0.133. The van der Waals surface area contributed by atoms with E-state index < -0.39 is 11.9 Å². The average molecular weight is 405 g/mol. The highest BCUT2D eigenvalue weighted by Crippen LogP contribution is 2.28. The minimum Gasteiger partial charge on any atom is -0.494 e. The van der Waals surface area contributed by atoms with Gasteiger partial charge in [-0.3, -0.25) is 9.59 Å². The molecule has 0 saturated carbocycles. The molecule has 2 heterocycles. The molecule has 3 aromatic rings. The Bertz CT molecular complexity index is 1080. The zero-order chi connectivity index (χ0) is 21.1. The van der Waals surface area contributed by atoms with Gasteiger partial charge >= 0.3 is 5.97 Å². The van der Waals surface area contributed by atoms with Crippen LogP contribution in [0, 0.1) is 12.8 Å². The van der Waals surface area contributed by atoms with Crippen LogP contribution in [0.5, 0.6) is 5.75 Å². The van der Waals surface area contributed by atoms with Crippen LogP contribution < -0.4 is 9.64 Å². The smallest absolute Gasteiger partial charge is 0.311 e. The maximum Gasteiger partial charge on any atom is 0.311 e. The molecule has 30 heavy (non-hydrogen) atoms. The average Bonchev–Trinajstić information content (AvgIpc) is 3.14. The molecule has 0 N–H and O–H groups in total. The number of para-hydroxylation sites is 2. The third-order valence-corrected chi connectivity index (χ3v) is 5.11. The van der Waals surface area contributed by atoms with E-state index in [4.69, 9.17) is 9.47 Å². The van der Waals surface area contributed by atoms with E-state index in [9.17, 15) is 9.59 Å². The highest BCUT2D eigenvalue weighted by molar-refractivity contribution is 5.99. The van der Waals surface area contributed by atoms with E-state index in [1.807, 2.05) is 62.4 Å². The third kappa shape index (κ3) is 4.10. The topological polar surface area (TPSA) is 81.6 Å². The van der Waals surface area contributed by atoms with Crippen LogP contribution in [-0.4, -0.2) is 35.0 Å². The number of aromatic nitrogens is 2. The Kier molecular flexibility index (Phi) is 5.61. The van der Waals surface area contributed by atoms with Crippen LogP contribution >= 0.6 is 0 Å². The molecule has 7 heteroatoms. The Morgan fingerprint density at radius 3 is 2.50 bits per heavy atom. The molecule has 1 aliphatic heterocycles. The Hall–Kier alpha value is -3.48. The molecule has 1 saturated heterocycles. The first-order valence-electron chi connectivity index (χ1n) is 9.97. The van der Waals surface area contributed by atoms with E-state index in [1.165, 1.54) is 0 Å². The van der Waals surface area contributed by atoms with Gasteiger partial charge in [-0.2, -0.15) is 0 Å². The summed E-state index contributed by atoms with van der Waals surface area (Å²) >= 11 is 0. The SMILES string of the molecule is CCOc1ccc(N2CC(C(=O)OCc3nc4ccccc4nc3C)CC2=O)cc1. The van der Waals surface area contributed by atoms with Gasteiger partial charge < -0.3 is 14.4 Å². The second-order valence-electron chi connectivity index (χ2n) is 7.18. The van der Waals surface area contributed by atoms with Gasteiger partial charge in [0.2, 0.25) is 5.91 Å². The number of amides is 1. The van der Waals surface area contributed by atoms with E-state index in [2.05, 4.69) is 9.97 Å². The Labute approximate surface area is 174 Å². The Morgan fingerprint density at radius 1 is 1.10 bits per heavy atom. The molecule has 154 valence electrons. The van der Waals surface area contributed by atoms with Crippen molar-refractivity contribution in [2.75, 3.05) is 18.1 Å². The molecular formula is C23H23N3O4. The van der Waals surface area contributed by atoms with E-state index in [0.29, 0.717) is 18.8 Å². The number of carbonyl (C=O) groups is 2. The number of rotatable bonds is 6. The minimum atomic E-state index is -0.502. The van der Waals surface area contributed by atoms with Crippen LogP contribution in [-0.2, 0) is 20.9 Å². The Morgan fingerprint density at radius 2 is 1.80 bits per heavy atom. The molecule has 0 radical (unpaired) electrons. The van der Waals surface area contributed by atoms with Crippen LogP contribution in [0.3, 0.4) is 0 Å². The monoisotopic (exact) mass is 405 g/mol. The van der Waals surface area contributed by atoms with Crippen LogP contribution in [0.25, 0.3) is 11.0 Å². The lowest BCUT2D eigenvalue weighted by atomic mass is 10.1. The zero-order valence-corrected chi connectivity index (χ0v) is 17.0. The summed E-state index contributed by atoms with van der Waals surface area (Å²) in [6, 6.07) is 14.8. The molecular weight excluding hydrogens is 382 g/mol. The molecule has 2 aromatic carbocycles. The zero-order valence-electron chi connectivity index (χ0n) is 17.0. The molecule has 7 nitrogen and oxygen atoms in total. The minimum absolute atomic E-state index is 0.0379. The molecule has 1 aliphatic rings. The van der Waals surface area contributed by atoms with Gasteiger partial charge in [0.1, 0.15) is 12.4 Å². The predicted octanol–water partition coefficient (Wildman–Crippen LogP) is 3.43. The molecule has 1 atom stereocenters. The van der Waals surface area contributed by atoms with Crippen molar-refractivity contribution >= 4 is 28.6 Å². The highest BCUT2D eigenvalue weighted by atomic mass is 16.5. The van der Waals surface area contributed by atoms with Crippen LogP contribution in [0.1, 0.15) is 24.7 Å². The van der Waals surface area contributed by atoms with E-state index in [1.54, 1.807) is 4.90 Å². The van der Waals surface area contributed by atoms with Gasteiger partial charge in [0, 0.05) is 18.7 Å². The van der Waals surface area contributed by atoms with Crippen molar-refractivity contribution in [2.24, 2.45) is 5.92 Å². The van der Waals surface area contributed by atoms with Gasteiger partial charge in [-0.25, -0.2) is 9.97 Å². The summed E-state index contributed by atoms with van der Waals surface area (Å²) in [4.78, 5) is 35.7. The number of anilines is 1. The second-order valence-corrected chi connectivity index (χ2v) is 7.18. The first-order chi connectivity index (χ1) is 14.5. The van der Waals surface area contributed by atoms with E-state index in [0.717, 1.165) is 28.2 Å². The van der Waals surface area contributed by atoms with Gasteiger partial charge in [0.15, 0.2) is 0 Å². The number of hydrogen-bond donors (Lipinski definition) is 0. The fraction of sp³-hybridized carbons (Fsp3) is 0.304. The molecule has 0 bridgehead atoms. The number of hydrogen-bond acceptors (Lipinski definition) is 6. The quantitative estimate of drug-likeness (QED) is 0.585. The lowest BCUT2D eigenvalue weighted by Crippen LogP contribution is -2.26. The van der Waals surface area contributed by atoms with Gasteiger partial charge in [0.25, 0.3) is 0 Å². The van der Waals surface area contributed by atoms with Crippen molar-refractivity contribution in [3.8, 4) is 5.75 Å². The number of ether oxygens (including phenoxy) is 2. The summed E-state index contributed by atoms with van der Waals surface area (Å²) in [5.41, 5.74) is 3.65. The summed E-state index contributed by atoms with van der Waals surface area (Å²) in [7, 11) is 0. The maximum absolute atomic E-state index is 12.6. The fourth-order valence-electron chi connectivity index (χ4n) is 3.52. The van der Waals surface area contributed by atoms with Crippen molar-refractivity contribution in [3.05, 3.63) is 59.9 Å². The summed E-state index contributed by atoms with van der Waals surface area (Å²) in [5.74, 6) is -0.248. The first-order valence-corrected chi connectivity index (χ1v) is 9.97. The molecule has 0 aliphatic carbocycles. The van der Waals surface area contributed by atoms with Crippen LogP contribution in [0.15, 0.2) is 48.5 Å². The maximum atomic E-state index is 12.6. The molecule has 1 amide bonds. The summed E-state index contributed by atoms with van der Waals surface area (Å²) < 4.78 is 10.9. The molecule has 4 rings (SSSR count). The number of esters is 1. The van der Waals surface area contributed by atoms with Gasteiger partial charge in [-0.15, -0.1) is 0 Å². The summed E-state index contributed by atoms with van der Waals surface area (Å²) in [5, 5.41) is 0. The predicted molar refractivity (Wildman–Crippen MR) is 112 cm³/mol. The van der Waals surface area contributed by atoms with Crippen molar-refractivity contribution in [2.45, 2.75) is 26.9 Å². The van der Waals surface area contributed by atoms with E-state index >= 15 is 0 Å². The third-order valence-electron chi connectivity index (χ3n) is 5.11. The second kappa shape index (κ2) is 8.49. The standard InChI is InChI=1S/C23H23N3O4/c1-3-29-18-10-8-17(9-11-18)26-13-16(12-22(26)27)23(28)30-14-21-15(2)24-19-6-4-5-7-20(19)25-21/h4-11,16H,3,12-14H2,1-2H3. The Balaban J connectivity index is 1.40. The van der Waals surface area contributed by atoms with Crippen molar-refractivity contribution in [1.29, 1.82) is 0 Å². The van der Waals surface area contributed by atoms with Crippen molar-refractivity contribution in [1.82, 2.24) is 9.97 Å². The molecule has 1 fully saturated rings. The molecule has 1 aromatic heterocycles. The fourth-order valence-corrected chi connectivity index (χ4v) is 3.52. The lowest BCUT2D eigenvalue weighted by Gasteiger charge is -2.17. The number of aryl methyl sites for hydroxylation is 1. The summed E-state index contributed by atoms with van der Waals surface area (Å²) in [6.45, 7) is 4.68. The first kappa shape index (κ1) is 19.8. The normalized spacial score (nSPS) is 16.1. The number of fused-ring (bicyclic) bond motifs is 1. The number of benzene rings is 2. The van der Waals surface area contributed by atoms with Crippen molar-refractivity contribution in [3.63, 3.8) is 0 Å². The van der Waals surface area contributed by atoms with Gasteiger partial charge in [0.05, 0.1) is 34.9 Å². The molecule has 1 unspecified atom stereocenters. The number of carbonyl (C=O) groups excluding carboxylic acids is 2. The van der Waals surface area contributed by atoms with Crippen molar-refractivity contribution < 1.29 is 19.1 Å². The molecule has 0 spiro atoms. The lowest BCUT2D eigenvalue weighted by molar-refractivity contribution is -0.149. The van der Waals surface area contributed by atoms with E-state index in [-0.39, 0.29) is 18.9 Å². The van der Waals surface area contributed by atoms with Gasteiger partial charge in [-0.05, 0) is 50.2 Å². The van der Waals surface area contributed by atoms with Gasteiger partial charge in [-0.1, -0.05) is 12.1 Å².